The highest BCUT2D eigenvalue weighted by Gasteiger charge is 2.18. The predicted molar refractivity (Wildman–Crippen MR) is 95.3 cm³/mol. The first-order valence-electron chi connectivity index (χ1n) is 8.52. The maximum absolute atomic E-state index is 12.1. The van der Waals surface area contributed by atoms with Crippen LogP contribution in [0.5, 0.6) is 0 Å². The van der Waals surface area contributed by atoms with Crippen LogP contribution in [0.4, 0.5) is 11.4 Å². The van der Waals surface area contributed by atoms with Crippen LogP contribution in [0.1, 0.15) is 26.7 Å². The molecule has 0 unspecified atom stereocenters. The summed E-state index contributed by atoms with van der Waals surface area (Å²) in [5.74, 6) is -1.58. The van der Waals surface area contributed by atoms with Crippen molar-refractivity contribution in [2.75, 3.05) is 37.5 Å². The Balaban J connectivity index is 2.43. The number of amides is 1. The summed E-state index contributed by atoms with van der Waals surface area (Å²) in [6.07, 6.45) is 0.736. The standard InChI is InChI=1S/C18H29N3O4/c1-13(2)25-11-5-10-19-16(18(23)24)12-17(22)20-14-6-8-15(9-7-14)21(3)4/h6-9,13,16,19H,5,10-12H2,1-4H3,(H,20,22)(H,23,24)/t16-/m1/s1. The fourth-order valence-electron chi connectivity index (χ4n) is 2.24. The molecule has 0 saturated carbocycles. The number of carbonyl (C=O) groups is 2. The molecule has 0 bridgehead atoms. The maximum Gasteiger partial charge on any atom is 0.230 e. The number of nitrogens with zero attached hydrogens (tertiary/aromatic N) is 1. The van der Waals surface area contributed by atoms with Crippen molar-refractivity contribution in [1.82, 2.24) is 0 Å². The van der Waals surface area contributed by atoms with E-state index in [4.69, 9.17) is 4.74 Å². The molecule has 1 amide bonds. The number of carboxylic acid groups (broad SMARTS) is 1. The molecule has 0 radical (unpaired) electrons. The van der Waals surface area contributed by atoms with E-state index in [1.165, 1.54) is 0 Å². The number of quaternary nitrogens is 1. The second-order valence-electron chi connectivity index (χ2n) is 6.42. The number of carbonyl (C=O) groups excluding carboxylic acids is 2. The van der Waals surface area contributed by atoms with Crippen LogP contribution in [0.2, 0.25) is 0 Å². The van der Waals surface area contributed by atoms with Gasteiger partial charge in [0.1, 0.15) is 6.04 Å². The average molecular weight is 351 g/mol. The molecule has 140 valence electrons. The van der Waals surface area contributed by atoms with E-state index in [9.17, 15) is 14.7 Å². The largest absolute Gasteiger partial charge is 0.544 e. The summed E-state index contributed by atoms with van der Waals surface area (Å²) in [4.78, 5) is 25.2. The monoisotopic (exact) mass is 351 g/mol. The van der Waals surface area contributed by atoms with E-state index in [1.807, 2.05) is 45.0 Å². The van der Waals surface area contributed by atoms with Crippen molar-refractivity contribution in [3.05, 3.63) is 24.3 Å². The zero-order valence-corrected chi connectivity index (χ0v) is 15.5. The minimum atomic E-state index is -1.23. The molecule has 0 fully saturated rings. The number of hydrogen-bond donors (Lipinski definition) is 2. The number of nitrogens with one attached hydrogen (secondary N) is 1. The average Bonchev–Trinajstić information content (AvgIpc) is 2.53. The second kappa shape index (κ2) is 10.7. The minimum Gasteiger partial charge on any atom is -0.544 e. The number of ether oxygens (including phenoxy) is 1. The van der Waals surface area contributed by atoms with Crippen LogP contribution in [0.3, 0.4) is 0 Å². The van der Waals surface area contributed by atoms with Crippen molar-refractivity contribution in [2.24, 2.45) is 0 Å². The molecule has 3 N–H and O–H groups in total. The first-order valence-corrected chi connectivity index (χ1v) is 8.52. The lowest BCUT2D eigenvalue weighted by atomic mass is 10.2. The lowest BCUT2D eigenvalue weighted by Gasteiger charge is -2.17. The Morgan fingerprint density at radius 3 is 2.40 bits per heavy atom. The van der Waals surface area contributed by atoms with Gasteiger partial charge in [0.05, 0.1) is 31.6 Å². The van der Waals surface area contributed by atoms with Gasteiger partial charge in [0.25, 0.3) is 0 Å². The van der Waals surface area contributed by atoms with E-state index in [0.717, 1.165) is 12.1 Å². The zero-order valence-electron chi connectivity index (χ0n) is 15.5. The summed E-state index contributed by atoms with van der Waals surface area (Å²) in [6.45, 7) is 5.03. The molecule has 0 saturated heterocycles. The third-order valence-electron chi connectivity index (χ3n) is 3.63. The van der Waals surface area contributed by atoms with Gasteiger partial charge in [-0.05, 0) is 38.1 Å². The SMILES string of the molecule is CC(C)OCCC[NH2+][C@H](CC(=O)Nc1ccc(N(C)C)cc1)C(=O)[O-]. The first kappa shape index (κ1) is 20.9. The molecule has 0 aliphatic rings. The van der Waals surface area contributed by atoms with Crippen molar-refractivity contribution in [1.29, 1.82) is 0 Å². The number of nitrogens with two attached hydrogens (primary N) is 1. The van der Waals surface area contributed by atoms with E-state index in [-0.39, 0.29) is 18.4 Å². The zero-order chi connectivity index (χ0) is 18.8. The third-order valence-corrected chi connectivity index (χ3v) is 3.63. The smallest absolute Gasteiger partial charge is 0.230 e. The fraction of sp³-hybridized carbons (Fsp3) is 0.556. The van der Waals surface area contributed by atoms with Gasteiger partial charge in [-0.25, -0.2) is 0 Å². The molecular weight excluding hydrogens is 322 g/mol. The van der Waals surface area contributed by atoms with Gasteiger partial charge in [-0.15, -0.1) is 0 Å². The Labute approximate surface area is 149 Å². The molecule has 1 aromatic rings. The lowest BCUT2D eigenvalue weighted by Crippen LogP contribution is -2.93. The highest BCUT2D eigenvalue weighted by molar-refractivity contribution is 5.93. The topological polar surface area (TPSA) is 98.3 Å². The summed E-state index contributed by atoms with van der Waals surface area (Å²) < 4.78 is 5.40. The highest BCUT2D eigenvalue weighted by Crippen LogP contribution is 2.15. The van der Waals surface area contributed by atoms with Gasteiger partial charge in [-0.3, -0.25) is 4.79 Å². The third kappa shape index (κ3) is 8.51. The van der Waals surface area contributed by atoms with Crippen LogP contribution in [0.15, 0.2) is 24.3 Å². The highest BCUT2D eigenvalue weighted by atomic mass is 16.5. The van der Waals surface area contributed by atoms with Crippen molar-refractivity contribution >= 4 is 23.3 Å². The molecule has 0 aromatic heterocycles. The van der Waals surface area contributed by atoms with Crippen LogP contribution in [0.25, 0.3) is 0 Å². The number of hydrogen-bond acceptors (Lipinski definition) is 5. The van der Waals surface area contributed by atoms with Gasteiger partial charge in [0.15, 0.2) is 0 Å². The van der Waals surface area contributed by atoms with Gasteiger partial charge < -0.3 is 30.2 Å². The number of carboxylic acids is 1. The maximum atomic E-state index is 12.1. The Hall–Kier alpha value is -2.12. The summed E-state index contributed by atoms with van der Waals surface area (Å²) in [5.41, 5.74) is 1.65. The molecule has 0 aliphatic carbocycles. The number of anilines is 2. The Morgan fingerprint density at radius 1 is 1.24 bits per heavy atom. The normalized spacial score (nSPS) is 12.0. The molecule has 1 atom stereocenters. The van der Waals surface area contributed by atoms with Gasteiger partial charge in [-0.1, -0.05) is 0 Å². The molecule has 25 heavy (non-hydrogen) atoms. The van der Waals surface area contributed by atoms with Crippen molar-refractivity contribution in [3.8, 4) is 0 Å². The predicted octanol–water partition coefficient (Wildman–Crippen LogP) is -0.422. The van der Waals surface area contributed by atoms with Crippen LogP contribution < -0.4 is 20.6 Å². The van der Waals surface area contributed by atoms with Crippen LogP contribution in [-0.4, -0.2) is 51.3 Å². The second-order valence-corrected chi connectivity index (χ2v) is 6.42. The van der Waals surface area contributed by atoms with E-state index >= 15 is 0 Å². The van der Waals surface area contributed by atoms with Crippen molar-refractivity contribution in [2.45, 2.75) is 38.8 Å². The number of rotatable bonds is 11. The quantitative estimate of drug-likeness (QED) is 0.528. The summed E-state index contributed by atoms with van der Waals surface area (Å²) in [6, 6.07) is 6.43. The van der Waals surface area contributed by atoms with Gasteiger partial charge in [-0.2, -0.15) is 0 Å². The van der Waals surface area contributed by atoms with E-state index in [2.05, 4.69) is 5.32 Å². The Kier molecular flexibility index (Phi) is 8.94. The Bertz CT molecular complexity index is 544. The van der Waals surface area contributed by atoms with Crippen molar-refractivity contribution in [3.63, 3.8) is 0 Å². The molecule has 7 heteroatoms. The van der Waals surface area contributed by atoms with E-state index < -0.39 is 12.0 Å². The fourth-order valence-corrected chi connectivity index (χ4v) is 2.24. The molecule has 1 aromatic carbocycles. The molecule has 0 spiro atoms. The van der Waals surface area contributed by atoms with Gasteiger partial charge in [0.2, 0.25) is 5.91 Å². The first-order chi connectivity index (χ1) is 11.8. The van der Waals surface area contributed by atoms with Crippen LogP contribution in [-0.2, 0) is 14.3 Å². The summed E-state index contributed by atoms with van der Waals surface area (Å²) in [7, 11) is 3.86. The van der Waals surface area contributed by atoms with Gasteiger partial charge in [0, 0.05) is 31.9 Å². The molecule has 0 heterocycles. The van der Waals surface area contributed by atoms with Gasteiger partial charge >= 0.3 is 0 Å². The molecule has 1 rings (SSSR count). The van der Waals surface area contributed by atoms with Crippen LogP contribution in [0, 0.1) is 0 Å². The molecular formula is C18H29N3O4. The molecule has 0 aliphatic heterocycles. The van der Waals surface area contributed by atoms with E-state index in [1.54, 1.807) is 17.4 Å². The minimum absolute atomic E-state index is 0.136. The number of benzene rings is 1. The number of aliphatic carboxylic acids is 1. The van der Waals surface area contributed by atoms with Crippen LogP contribution >= 0.6 is 0 Å². The van der Waals surface area contributed by atoms with E-state index in [0.29, 0.717) is 18.8 Å². The summed E-state index contributed by atoms with van der Waals surface area (Å²) in [5, 5.41) is 15.6. The summed E-state index contributed by atoms with van der Waals surface area (Å²) >= 11 is 0. The lowest BCUT2D eigenvalue weighted by molar-refractivity contribution is -0.682. The van der Waals surface area contributed by atoms with Crippen molar-refractivity contribution < 1.29 is 24.7 Å². The Morgan fingerprint density at radius 2 is 1.88 bits per heavy atom. The molecule has 7 nitrogen and oxygen atoms in total.